The molecule has 1 saturated carbocycles. The standard InChI is InChI=1S/C19H18ClFN6O2/c20-13-7-11(3-6-14(13)21)26-18-16-15(24-9-25-18)8-23-19(27-16)29-12-4-1-10(2-5-12)17(22)28/h3,6-10,12H,1-2,4-5H2,(H2,22,28)(H,24,25,26)/t10-,12-. The van der Waals surface area contributed by atoms with E-state index < -0.39 is 5.82 Å². The fraction of sp³-hybridized carbons (Fsp3) is 0.316. The van der Waals surface area contributed by atoms with Gasteiger partial charge >= 0.3 is 6.01 Å². The van der Waals surface area contributed by atoms with Gasteiger partial charge in [0, 0.05) is 11.6 Å². The Morgan fingerprint density at radius 2 is 2.00 bits per heavy atom. The molecule has 10 heteroatoms. The average molecular weight is 417 g/mol. The normalized spacial score (nSPS) is 19.1. The maximum atomic E-state index is 13.4. The minimum absolute atomic E-state index is 0.00132. The van der Waals surface area contributed by atoms with Crippen molar-refractivity contribution in [3.63, 3.8) is 0 Å². The Bertz CT molecular complexity index is 1060. The number of nitrogens with zero attached hydrogens (tertiary/aromatic N) is 4. The van der Waals surface area contributed by atoms with Crippen LogP contribution in [0.4, 0.5) is 15.9 Å². The van der Waals surface area contributed by atoms with Crippen molar-refractivity contribution >= 4 is 40.0 Å². The van der Waals surface area contributed by atoms with Crippen LogP contribution in [0.1, 0.15) is 25.7 Å². The van der Waals surface area contributed by atoms with Gasteiger partial charge in [-0.1, -0.05) is 11.6 Å². The summed E-state index contributed by atoms with van der Waals surface area (Å²) < 4.78 is 19.3. The van der Waals surface area contributed by atoms with E-state index in [2.05, 4.69) is 25.3 Å². The number of hydrogen-bond acceptors (Lipinski definition) is 7. The first-order valence-electron chi connectivity index (χ1n) is 9.15. The molecule has 1 amide bonds. The van der Waals surface area contributed by atoms with E-state index in [9.17, 15) is 9.18 Å². The maximum Gasteiger partial charge on any atom is 0.317 e. The average Bonchev–Trinajstić information content (AvgIpc) is 2.71. The smallest absolute Gasteiger partial charge is 0.317 e. The lowest BCUT2D eigenvalue weighted by Crippen LogP contribution is -2.31. The Labute approximate surface area is 170 Å². The first-order chi connectivity index (χ1) is 14.0. The lowest BCUT2D eigenvalue weighted by atomic mass is 9.87. The van der Waals surface area contributed by atoms with Crippen molar-refractivity contribution in [2.75, 3.05) is 5.32 Å². The summed E-state index contributed by atoms with van der Waals surface area (Å²) in [5.74, 6) is -0.450. The molecule has 29 heavy (non-hydrogen) atoms. The van der Waals surface area contributed by atoms with Gasteiger partial charge in [-0.15, -0.1) is 0 Å². The molecular weight excluding hydrogens is 399 g/mol. The Kier molecular flexibility index (Phi) is 5.39. The summed E-state index contributed by atoms with van der Waals surface area (Å²) in [4.78, 5) is 28.3. The van der Waals surface area contributed by atoms with Gasteiger partial charge in [0.05, 0.1) is 11.2 Å². The van der Waals surface area contributed by atoms with Crippen molar-refractivity contribution in [2.24, 2.45) is 11.7 Å². The van der Waals surface area contributed by atoms with Crippen LogP contribution in [0, 0.1) is 11.7 Å². The predicted molar refractivity (Wildman–Crippen MR) is 105 cm³/mol. The lowest BCUT2D eigenvalue weighted by Gasteiger charge is -2.26. The highest BCUT2D eigenvalue weighted by molar-refractivity contribution is 6.31. The second-order valence-electron chi connectivity index (χ2n) is 6.86. The van der Waals surface area contributed by atoms with Crippen molar-refractivity contribution in [2.45, 2.75) is 31.8 Å². The SMILES string of the molecule is NC(=O)[C@H]1CC[C@H](Oc2ncc3ncnc(Nc4ccc(F)c(Cl)c4)c3n2)CC1. The van der Waals surface area contributed by atoms with Crippen LogP contribution >= 0.6 is 11.6 Å². The predicted octanol–water partition coefficient (Wildman–Crippen LogP) is 3.38. The van der Waals surface area contributed by atoms with Crippen LogP contribution in [0.5, 0.6) is 6.01 Å². The number of rotatable bonds is 5. The summed E-state index contributed by atoms with van der Waals surface area (Å²) in [7, 11) is 0. The molecule has 0 spiro atoms. The van der Waals surface area contributed by atoms with Crippen LogP contribution in [0.25, 0.3) is 11.0 Å². The molecule has 2 heterocycles. The third kappa shape index (κ3) is 4.34. The number of ether oxygens (including phenoxy) is 1. The second kappa shape index (κ2) is 8.12. The fourth-order valence-corrected chi connectivity index (χ4v) is 3.49. The van der Waals surface area contributed by atoms with Gasteiger partial charge in [-0.25, -0.2) is 19.3 Å². The number of benzene rings is 1. The van der Waals surface area contributed by atoms with Crippen LogP contribution in [0.2, 0.25) is 5.02 Å². The molecular formula is C19H18ClFN6O2. The topological polar surface area (TPSA) is 116 Å². The van der Waals surface area contributed by atoms with Crippen molar-refractivity contribution in [1.82, 2.24) is 19.9 Å². The van der Waals surface area contributed by atoms with Crippen LogP contribution < -0.4 is 15.8 Å². The molecule has 0 bridgehead atoms. The minimum Gasteiger partial charge on any atom is -0.460 e. The van der Waals surface area contributed by atoms with Crippen molar-refractivity contribution in [3.8, 4) is 6.01 Å². The maximum absolute atomic E-state index is 13.4. The van der Waals surface area contributed by atoms with Gasteiger partial charge in [-0.3, -0.25) is 4.79 Å². The third-order valence-corrected chi connectivity index (χ3v) is 5.18. The van der Waals surface area contributed by atoms with E-state index in [-0.39, 0.29) is 29.0 Å². The number of aromatic nitrogens is 4. The zero-order chi connectivity index (χ0) is 20.4. The first-order valence-corrected chi connectivity index (χ1v) is 9.53. The Balaban J connectivity index is 1.54. The van der Waals surface area contributed by atoms with Crippen molar-refractivity contribution < 1.29 is 13.9 Å². The van der Waals surface area contributed by atoms with Gasteiger partial charge < -0.3 is 15.8 Å². The lowest BCUT2D eigenvalue weighted by molar-refractivity contribution is -0.123. The molecule has 0 unspecified atom stereocenters. The van der Waals surface area contributed by atoms with E-state index in [4.69, 9.17) is 22.1 Å². The highest BCUT2D eigenvalue weighted by Crippen LogP contribution is 2.28. The molecule has 1 aliphatic carbocycles. The molecule has 3 aromatic rings. The number of primary amides is 1. The fourth-order valence-electron chi connectivity index (χ4n) is 3.31. The number of halogens is 2. The highest BCUT2D eigenvalue weighted by Gasteiger charge is 2.26. The molecule has 0 atom stereocenters. The quantitative estimate of drug-likeness (QED) is 0.654. The molecule has 0 aliphatic heterocycles. The Hall–Kier alpha value is -3.07. The molecule has 1 aromatic carbocycles. The zero-order valence-corrected chi connectivity index (χ0v) is 16.1. The number of nitrogens with one attached hydrogen (secondary N) is 1. The highest BCUT2D eigenvalue weighted by atomic mass is 35.5. The van der Waals surface area contributed by atoms with E-state index >= 15 is 0 Å². The van der Waals surface area contributed by atoms with Crippen LogP contribution in [-0.4, -0.2) is 31.9 Å². The number of anilines is 2. The van der Waals surface area contributed by atoms with Crippen LogP contribution in [-0.2, 0) is 4.79 Å². The van der Waals surface area contributed by atoms with Crippen molar-refractivity contribution in [3.05, 3.63) is 41.6 Å². The summed E-state index contributed by atoms with van der Waals surface area (Å²) in [6, 6.07) is 4.47. The van der Waals surface area contributed by atoms with Gasteiger partial charge in [0.1, 0.15) is 29.3 Å². The van der Waals surface area contributed by atoms with E-state index in [1.54, 1.807) is 12.3 Å². The molecule has 1 aliphatic rings. The summed E-state index contributed by atoms with van der Waals surface area (Å²) in [6.45, 7) is 0. The molecule has 4 rings (SSSR count). The summed E-state index contributed by atoms with van der Waals surface area (Å²) >= 11 is 5.84. The van der Waals surface area contributed by atoms with Crippen LogP contribution in [0.3, 0.4) is 0 Å². The first kappa shape index (κ1) is 19.3. The number of amides is 1. The van der Waals surface area contributed by atoms with Gasteiger partial charge in [0.25, 0.3) is 0 Å². The number of hydrogen-bond donors (Lipinski definition) is 2. The van der Waals surface area contributed by atoms with E-state index in [0.29, 0.717) is 48.2 Å². The van der Waals surface area contributed by atoms with Gasteiger partial charge in [-0.05, 0) is 43.9 Å². The summed E-state index contributed by atoms with van der Waals surface area (Å²) in [5, 5.41) is 3.06. The number of fused-ring (bicyclic) bond motifs is 1. The molecule has 8 nitrogen and oxygen atoms in total. The minimum atomic E-state index is -0.506. The molecule has 1 fully saturated rings. The largest absolute Gasteiger partial charge is 0.460 e. The van der Waals surface area contributed by atoms with Crippen LogP contribution in [0.15, 0.2) is 30.7 Å². The number of nitrogens with two attached hydrogens (primary N) is 1. The Morgan fingerprint density at radius 3 is 2.72 bits per heavy atom. The van der Waals surface area contributed by atoms with E-state index in [1.165, 1.54) is 18.5 Å². The second-order valence-corrected chi connectivity index (χ2v) is 7.26. The third-order valence-electron chi connectivity index (χ3n) is 4.89. The van der Waals surface area contributed by atoms with E-state index in [0.717, 1.165) is 0 Å². The van der Waals surface area contributed by atoms with E-state index in [1.807, 2.05) is 0 Å². The molecule has 0 saturated heterocycles. The van der Waals surface area contributed by atoms with Crippen molar-refractivity contribution in [1.29, 1.82) is 0 Å². The monoisotopic (exact) mass is 416 g/mol. The molecule has 3 N–H and O–H groups in total. The van der Waals surface area contributed by atoms with Gasteiger partial charge in [0.15, 0.2) is 5.82 Å². The summed E-state index contributed by atoms with van der Waals surface area (Å²) in [6.07, 6.45) is 5.64. The number of carbonyl (C=O) groups is 1. The zero-order valence-electron chi connectivity index (χ0n) is 15.3. The molecule has 2 aromatic heterocycles. The summed E-state index contributed by atoms with van der Waals surface area (Å²) in [5.41, 5.74) is 6.92. The number of carbonyl (C=O) groups excluding carboxylic acids is 1. The van der Waals surface area contributed by atoms with Gasteiger partial charge in [-0.2, -0.15) is 4.98 Å². The Morgan fingerprint density at radius 1 is 1.21 bits per heavy atom. The molecule has 150 valence electrons. The molecule has 0 radical (unpaired) electrons. The van der Waals surface area contributed by atoms with Gasteiger partial charge in [0.2, 0.25) is 5.91 Å².